The molecule has 0 radical (unpaired) electrons. The number of halogens is 5. The Morgan fingerprint density at radius 3 is 2.57 bits per heavy atom. The summed E-state index contributed by atoms with van der Waals surface area (Å²) in [5, 5.41) is -0.0693. The van der Waals surface area contributed by atoms with Gasteiger partial charge in [-0.05, 0) is 36.5 Å². The molecule has 0 fully saturated rings. The zero-order valence-corrected chi connectivity index (χ0v) is 12.7. The molecule has 2 rings (SSSR count). The van der Waals surface area contributed by atoms with Gasteiger partial charge in [-0.25, -0.2) is 4.39 Å². The highest BCUT2D eigenvalue weighted by Gasteiger charge is 2.37. The average Bonchev–Trinajstić information content (AvgIpc) is 2.83. The first-order valence-electron chi connectivity index (χ1n) is 6.35. The summed E-state index contributed by atoms with van der Waals surface area (Å²) in [4.78, 5) is -0.707. The van der Waals surface area contributed by atoms with Crippen LogP contribution in [0.15, 0.2) is 18.2 Å². The quantitative estimate of drug-likeness (QED) is 0.627. The fourth-order valence-electron chi connectivity index (χ4n) is 1.99. The number of aromatic nitrogens is 1. The van der Waals surface area contributed by atoms with E-state index in [1.54, 1.807) is 0 Å². The van der Waals surface area contributed by atoms with Crippen LogP contribution in [0.4, 0.5) is 17.6 Å². The van der Waals surface area contributed by atoms with Gasteiger partial charge in [0.1, 0.15) is 10.7 Å². The first-order valence-corrected chi connectivity index (χ1v) is 7.51. The van der Waals surface area contributed by atoms with Crippen molar-refractivity contribution in [2.24, 2.45) is 0 Å². The summed E-state index contributed by atoms with van der Waals surface area (Å²) >= 11 is 6.00. The number of unbranched alkanes of at least 4 members (excludes halogenated alkanes) is 1. The monoisotopic (exact) mass is 337 g/mol. The van der Waals surface area contributed by atoms with Gasteiger partial charge in [0.25, 0.3) is 0 Å². The molecule has 0 aliphatic heterocycles. The minimum atomic E-state index is -4.44. The second kappa shape index (κ2) is 6.32. The van der Waals surface area contributed by atoms with Crippen LogP contribution < -0.4 is 0 Å². The van der Waals surface area contributed by atoms with Crippen LogP contribution in [0.1, 0.15) is 30.2 Å². The summed E-state index contributed by atoms with van der Waals surface area (Å²) in [6.45, 7) is 1.90. The van der Waals surface area contributed by atoms with E-state index in [0.717, 1.165) is 12.5 Å². The predicted octanol–water partition coefficient (Wildman–Crippen LogP) is 5.96. The largest absolute Gasteiger partial charge is 0.427 e. The highest BCUT2D eigenvalue weighted by Crippen LogP contribution is 2.40. The predicted molar refractivity (Wildman–Crippen MR) is 76.1 cm³/mol. The third-order valence-corrected chi connectivity index (χ3v) is 4.26. The van der Waals surface area contributed by atoms with Crippen molar-refractivity contribution < 1.29 is 17.6 Å². The maximum Gasteiger partial charge on any atom is 0.427 e. The van der Waals surface area contributed by atoms with Crippen molar-refractivity contribution in [3.05, 3.63) is 39.5 Å². The van der Waals surface area contributed by atoms with Gasteiger partial charge in [-0.1, -0.05) is 31.0 Å². The van der Waals surface area contributed by atoms with E-state index in [-0.39, 0.29) is 22.7 Å². The van der Waals surface area contributed by atoms with Crippen LogP contribution in [0.5, 0.6) is 0 Å². The first kappa shape index (κ1) is 16.2. The molecule has 0 saturated heterocycles. The van der Waals surface area contributed by atoms with Gasteiger partial charge >= 0.3 is 6.18 Å². The van der Waals surface area contributed by atoms with Crippen molar-refractivity contribution in [3.8, 4) is 11.3 Å². The Bertz CT molecular complexity index is 636. The Hall–Kier alpha value is -1.14. The van der Waals surface area contributed by atoms with Crippen molar-refractivity contribution in [1.29, 1.82) is 0 Å². The molecule has 0 amide bonds. The molecule has 0 spiro atoms. The van der Waals surface area contributed by atoms with Gasteiger partial charge in [0.2, 0.25) is 0 Å². The summed E-state index contributed by atoms with van der Waals surface area (Å²) in [6, 6.07) is 3.92. The van der Waals surface area contributed by atoms with Crippen molar-refractivity contribution in [1.82, 2.24) is 4.37 Å². The van der Waals surface area contributed by atoms with Crippen molar-refractivity contribution in [3.63, 3.8) is 0 Å². The van der Waals surface area contributed by atoms with E-state index >= 15 is 0 Å². The van der Waals surface area contributed by atoms with Crippen LogP contribution in [-0.4, -0.2) is 4.37 Å². The summed E-state index contributed by atoms with van der Waals surface area (Å²) < 4.78 is 56.5. The molecule has 0 unspecified atom stereocenters. The number of benzene rings is 1. The molecular formula is C14H12ClF4NS. The normalized spacial score (nSPS) is 11.9. The Morgan fingerprint density at radius 1 is 1.29 bits per heavy atom. The van der Waals surface area contributed by atoms with E-state index in [1.165, 1.54) is 12.1 Å². The van der Waals surface area contributed by atoms with Crippen LogP contribution in [0.3, 0.4) is 0 Å². The number of alkyl halides is 3. The molecule has 1 heterocycles. The highest BCUT2D eigenvalue weighted by molar-refractivity contribution is 7.06. The van der Waals surface area contributed by atoms with E-state index in [0.29, 0.717) is 23.5 Å². The smallest absolute Gasteiger partial charge is 0.205 e. The topological polar surface area (TPSA) is 12.9 Å². The molecule has 0 aliphatic carbocycles. The Morgan fingerprint density at radius 2 is 2.00 bits per heavy atom. The highest BCUT2D eigenvalue weighted by atomic mass is 35.5. The lowest BCUT2D eigenvalue weighted by atomic mass is 10.0. The maximum atomic E-state index is 13.5. The summed E-state index contributed by atoms with van der Waals surface area (Å²) in [6.07, 6.45) is -2.79. The summed E-state index contributed by atoms with van der Waals surface area (Å²) in [5.41, 5.74) is 0.641. The van der Waals surface area contributed by atoms with Crippen molar-refractivity contribution >= 4 is 23.1 Å². The molecule has 7 heteroatoms. The lowest BCUT2D eigenvalue weighted by Crippen LogP contribution is -2.06. The second-order valence-corrected chi connectivity index (χ2v) is 5.75. The molecule has 1 aromatic carbocycles. The van der Waals surface area contributed by atoms with Gasteiger partial charge in [-0.3, -0.25) is 0 Å². The van der Waals surface area contributed by atoms with Gasteiger partial charge in [0.05, 0.1) is 10.7 Å². The molecule has 0 bridgehead atoms. The van der Waals surface area contributed by atoms with Crippen LogP contribution in [0, 0.1) is 5.82 Å². The van der Waals surface area contributed by atoms with E-state index in [9.17, 15) is 17.6 Å². The van der Waals surface area contributed by atoms with Gasteiger partial charge < -0.3 is 0 Å². The lowest BCUT2D eigenvalue weighted by Gasteiger charge is -2.08. The zero-order chi connectivity index (χ0) is 15.6. The lowest BCUT2D eigenvalue weighted by molar-refractivity contribution is -0.134. The third-order valence-electron chi connectivity index (χ3n) is 3.02. The minimum absolute atomic E-state index is 0.0693. The second-order valence-electron chi connectivity index (χ2n) is 4.57. The van der Waals surface area contributed by atoms with Gasteiger partial charge in [-0.15, -0.1) is 0 Å². The standard InChI is InChI=1S/C14H12ClF4NS/c1-2-3-4-9-12(20-21-13(9)14(17,18)19)8-5-6-10(15)11(16)7-8/h5-7H,2-4H2,1H3. The number of nitrogens with zero attached hydrogens (tertiary/aromatic N) is 1. The Balaban J connectivity index is 2.52. The molecule has 2 aromatic rings. The maximum absolute atomic E-state index is 13.5. The number of rotatable bonds is 4. The van der Waals surface area contributed by atoms with Crippen molar-refractivity contribution in [2.75, 3.05) is 0 Å². The molecular weight excluding hydrogens is 326 g/mol. The summed E-state index contributed by atoms with van der Waals surface area (Å²) in [7, 11) is 0. The van der Waals surface area contributed by atoms with Crippen LogP contribution >= 0.6 is 23.1 Å². The molecule has 0 atom stereocenters. The SMILES string of the molecule is CCCCc1c(-c2ccc(Cl)c(F)c2)nsc1C(F)(F)F. The van der Waals surface area contributed by atoms with Crippen molar-refractivity contribution in [2.45, 2.75) is 32.4 Å². The third kappa shape index (κ3) is 3.55. The van der Waals surface area contributed by atoms with Gasteiger partial charge in [0.15, 0.2) is 0 Å². The van der Waals surface area contributed by atoms with E-state index in [1.807, 2.05) is 6.92 Å². The fraction of sp³-hybridized carbons (Fsp3) is 0.357. The van der Waals surface area contributed by atoms with Gasteiger partial charge in [-0.2, -0.15) is 17.5 Å². The number of hydrogen-bond acceptors (Lipinski definition) is 2. The molecule has 114 valence electrons. The van der Waals surface area contributed by atoms with E-state index < -0.39 is 16.9 Å². The molecule has 1 aromatic heterocycles. The summed E-state index contributed by atoms with van der Waals surface area (Å²) in [5.74, 6) is -0.669. The number of hydrogen-bond donors (Lipinski definition) is 0. The molecule has 0 saturated carbocycles. The molecule has 21 heavy (non-hydrogen) atoms. The Labute approximate surface area is 128 Å². The first-order chi connectivity index (χ1) is 9.84. The van der Waals surface area contributed by atoms with E-state index in [4.69, 9.17) is 11.6 Å². The minimum Gasteiger partial charge on any atom is -0.205 e. The zero-order valence-electron chi connectivity index (χ0n) is 11.1. The molecule has 0 N–H and O–H groups in total. The van der Waals surface area contributed by atoms with E-state index in [2.05, 4.69) is 4.37 Å². The fourth-order valence-corrected chi connectivity index (χ4v) is 2.92. The average molecular weight is 338 g/mol. The Kier molecular flexibility index (Phi) is 4.88. The molecule has 1 nitrogen and oxygen atoms in total. The van der Waals surface area contributed by atoms with Crippen LogP contribution in [0.2, 0.25) is 5.02 Å². The molecule has 0 aliphatic rings. The van der Waals surface area contributed by atoms with Crippen LogP contribution in [-0.2, 0) is 12.6 Å². The van der Waals surface area contributed by atoms with Crippen LogP contribution in [0.25, 0.3) is 11.3 Å². The van der Waals surface area contributed by atoms with Gasteiger partial charge in [0, 0.05) is 11.1 Å².